The molecule has 2 aromatic carbocycles. The van der Waals surface area contributed by atoms with E-state index in [1.807, 2.05) is 67.8 Å². The molecule has 0 bridgehead atoms. The van der Waals surface area contributed by atoms with E-state index in [-0.39, 0.29) is 18.6 Å². The number of aryl methyl sites for hydroxylation is 2. The van der Waals surface area contributed by atoms with Crippen molar-refractivity contribution in [2.24, 2.45) is 5.92 Å². The number of rotatable bonds is 7. The van der Waals surface area contributed by atoms with Crippen molar-refractivity contribution in [3.05, 3.63) is 81.6 Å². The molecule has 1 aliphatic heterocycles. The Morgan fingerprint density at radius 3 is 2.65 bits per heavy atom. The number of nitrogens with one attached hydrogen (secondary N) is 2. The molecular weight excluding hydrogens is 414 g/mol. The van der Waals surface area contributed by atoms with E-state index in [0.29, 0.717) is 10.7 Å². The number of hydrogen-bond donors (Lipinski definition) is 3. The average molecular weight is 443 g/mol. The maximum atomic E-state index is 12.9. The molecule has 0 unspecified atom stereocenters. The van der Waals surface area contributed by atoms with Gasteiger partial charge in [-0.2, -0.15) is 0 Å². The molecule has 7 heteroatoms. The molecule has 0 spiro atoms. The quantitative estimate of drug-likeness (QED) is 0.455. The van der Waals surface area contributed by atoms with E-state index in [2.05, 4.69) is 10.6 Å². The van der Waals surface area contributed by atoms with Crippen LogP contribution in [-0.2, 0) is 16.0 Å². The minimum Gasteiger partial charge on any atom is -0.465 e. The maximum Gasteiger partial charge on any atom is 0.319 e. The van der Waals surface area contributed by atoms with Gasteiger partial charge >= 0.3 is 12.0 Å². The first-order valence-corrected chi connectivity index (χ1v) is 10.9. The van der Waals surface area contributed by atoms with Crippen molar-refractivity contribution >= 4 is 23.6 Å². The summed E-state index contributed by atoms with van der Waals surface area (Å²) < 4.78 is 5.36. The van der Waals surface area contributed by atoms with Gasteiger partial charge in [0.25, 0.3) is 0 Å². The Hall–Kier alpha value is -2.83. The van der Waals surface area contributed by atoms with Crippen LogP contribution in [0.1, 0.15) is 35.2 Å². The van der Waals surface area contributed by atoms with Crippen molar-refractivity contribution in [2.45, 2.75) is 33.2 Å². The van der Waals surface area contributed by atoms with Gasteiger partial charge in [0, 0.05) is 11.4 Å². The number of amides is 2. The molecule has 2 aromatic rings. The smallest absolute Gasteiger partial charge is 0.319 e. The predicted molar refractivity (Wildman–Crippen MR) is 120 cm³/mol. The topological polar surface area (TPSA) is 84.0 Å². The van der Waals surface area contributed by atoms with Crippen LogP contribution in [0.25, 0.3) is 0 Å². The number of carbonyl (C=O) groups excluding carboxylic acids is 2. The first-order chi connectivity index (χ1) is 14.9. The highest BCUT2D eigenvalue weighted by atomic mass is 35.5. The summed E-state index contributed by atoms with van der Waals surface area (Å²) in [7, 11) is 0. The van der Waals surface area contributed by atoms with Crippen LogP contribution in [0.2, 0.25) is 5.02 Å². The maximum absolute atomic E-state index is 12.9. The molecule has 2 amide bonds. The lowest BCUT2D eigenvalue weighted by Gasteiger charge is -2.34. The fourth-order valence-corrected chi connectivity index (χ4v) is 3.88. The predicted octanol–water partition coefficient (Wildman–Crippen LogP) is 3.14. The van der Waals surface area contributed by atoms with Crippen LogP contribution in [-0.4, -0.2) is 25.2 Å². The van der Waals surface area contributed by atoms with Crippen LogP contribution in [0.3, 0.4) is 0 Å². The van der Waals surface area contributed by atoms with Crippen LogP contribution in [0.4, 0.5) is 4.79 Å². The summed E-state index contributed by atoms with van der Waals surface area (Å²) in [6.45, 7) is 6.79. The van der Waals surface area contributed by atoms with Gasteiger partial charge in [-0.05, 0) is 49.6 Å². The normalized spacial score (nSPS) is 19.6. The third-order valence-electron chi connectivity index (χ3n) is 5.33. The van der Waals surface area contributed by atoms with Gasteiger partial charge in [0.15, 0.2) is 0 Å². The number of nitrogens with two attached hydrogens (primary N) is 1. The fraction of sp³-hybridized carbons (Fsp3) is 0.333. The highest BCUT2D eigenvalue weighted by Gasteiger charge is 2.41. The first kappa shape index (κ1) is 22.8. The number of carbonyl (C=O) groups is 2. The third kappa shape index (κ3) is 5.87. The molecule has 1 heterocycles. The van der Waals surface area contributed by atoms with Gasteiger partial charge in [-0.15, -0.1) is 0 Å². The van der Waals surface area contributed by atoms with Crippen LogP contribution in [0, 0.1) is 19.8 Å². The zero-order valence-electron chi connectivity index (χ0n) is 18.1. The largest absolute Gasteiger partial charge is 0.465 e. The molecule has 31 heavy (non-hydrogen) atoms. The Morgan fingerprint density at radius 1 is 1.19 bits per heavy atom. The summed E-state index contributed by atoms with van der Waals surface area (Å²) in [5.74, 6) is -1.01. The molecule has 2 atom stereocenters. The minimum atomic E-state index is -0.648. The number of ether oxygens (including phenoxy) is 1. The van der Waals surface area contributed by atoms with E-state index in [9.17, 15) is 9.59 Å². The van der Waals surface area contributed by atoms with E-state index in [1.165, 1.54) is 5.56 Å². The third-order valence-corrected chi connectivity index (χ3v) is 5.59. The van der Waals surface area contributed by atoms with Gasteiger partial charge in [0.05, 0.1) is 24.9 Å². The molecule has 0 aliphatic carbocycles. The van der Waals surface area contributed by atoms with Crippen LogP contribution < -0.4 is 16.0 Å². The Balaban J connectivity index is 1.82. The Kier molecular flexibility index (Phi) is 7.71. The second-order valence-electron chi connectivity index (χ2n) is 7.69. The molecule has 1 fully saturated rings. The van der Waals surface area contributed by atoms with E-state index < -0.39 is 12.0 Å². The zero-order valence-corrected chi connectivity index (χ0v) is 18.8. The van der Waals surface area contributed by atoms with Crippen molar-refractivity contribution in [3.63, 3.8) is 0 Å². The molecule has 0 saturated carbocycles. The lowest BCUT2D eigenvalue weighted by Crippen LogP contribution is -2.79. The van der Waals surface area contributed by atoms with Crippen molar-refractivity contribution in [1.29, 1.82) is 0 Å². The van der Waals surface area contributed by atoms with E-state index in [0.717, 1.165) is 29.7 Å². The van der Waals surface area contributed by atoms with Gasteiger partial charge in [0.2, 0.25) is 0 Å². The first-order valence-electron chi connectivity index (χ1n) is 10.5. The van der Waals surface area contributed by atoms with Crippen molar-refractivity contribution in [1.82, 2.24) is 10.6 Å². The number of benzene rings is 2. The van der Waals surface area contributed by atoms with E-state index in [1.54, 1.807) is 6.92 Å². The summed E-state index contributed by atoms with van der Waals surface area (Å²) in [5.41, 5.74) is 4.71. The van der Waals surface area contributed by atoms with E-state index in [4.69, 9.17) is 16.3 Å². The molecule has 1 saturated heterocycles. The molecular formula is C24H29ClN3O3+. The molecule has 4 N–H and O–H groups in total. The van der Waals surface area contributed by atoms with Crippen molar-refractivity contribution in [3.8, 4) is 0 Å². The number of esters is 1. The number of hydrogen-bond acceptors (Lipinski definition) is 3. The SMILES string of the molecule is CCOC(=O)[C@H]1/C(=C\[NH2+]CCc2ccc(Cl)cc2)NC(=O)N[C@@H]1c1cc(C)ccc1C. The molecule has 164 valence electrons. The fourth-order valence-electron chi connectivity index (χ4n) is 3.75. The Morgan fingerprint density at radius 2 is 1.94 bits per heavy atom. The summed E-state index contributed by atoms with van der Waals surface area (Å²) >= 11 is 5.94. The standard InChI is InChI=1S/C24H28ClN3O3/c1-4-31-23(29)21-20(14-26-12-11-17-7-9-18(25)10-8-17)27-24(30)28-22(21)19-13-15(2)5-6-16(19)3/h5-10,13-14,21-22,26H,4,11-12H2,1-3H3,(H2,27,28,30)/p+1/b20-14+/t21-,22+/m0/s1. The van der Waals surface area contributed by atoms with Crippen LogP contribution in [0.15, 0.2) is 54.4 Å². The van der Waals surface area contributed by atoms with Gasteiger partial charge in [-0.1, -0.05) is 47.5 Å². The Labute approximate surface area is 188 Å². The van der Waals surface area contributed by atoms with Crippen LogP contribution >= 0.6 is 11.6 Å². The lowest BCUT2D eigenvalue weighted by atomic mass is 9.86. The molecule has 0 aromatic heterocycles. The molecule has 3 rings (SSSR count). The van der Waals surface area contributed by atoms with Gasteiger partial charge < -0.3 is 20.7 Å². The molecule has 6 nitrogen and oxygen atoms in total. The Bertz CT molecular complexity index is 973. The summed E-state index contributed by atoms with van der Waals surface area (Å²) in [5, 5.41) is 8.42. The van der Waals surface area contributed by atoms with Crippen molar-refractivity contribution in [2.75, 3.05) is 13.2 Å². The van der Waals surface area contributed by atoms with Crippen molar-refractivity contribution < 1.29 is 19.6 Å². The average Bonchev–Trinajstić information content (AvgIpc) is 2.74. The monoisotopic (exact) mass is 442 g/mol. The number of urea groups is 1. The highest BCUT2D eigenvalue weighted by Crippen LogP contribution is 2.33. The van der Waals surface area contributed by atoms with Crippen LogP contribution in [0.5, 0.6) is 0 Å². The van der Waals surface area contributed by atoms with Gasteiger partial charge in [0.1, 0.15) is 12.1 Å². The van der Waals surface area contributed by atoms with Gasteiger partial charge in [-0.3, -0.25) is 4.79 Å². The second kappa shape index (κ2) is 10.5. The number of quaternary nitrogens is 1. The summed E-state index contributed by atoms with van der Waals surface area (Å²) in [4.78, 5) is 25.3. The summed E-state index contributed by atoms with van der Waals surface area (Å²) in [6, 6.07) is 12.9. The highest BCUT2D eigenvalue weighted by molar-refractivity contribution is 6.30. The second-order valence-corrected chi connectivity index (χ2v) is 8.13. The summed E-state index contributed by atoms with van der Waals surface area (Å²) in [6.07, 6.45) is 2.66. The molecule has 1 aliphatic rings. The minimum absolute atomic E-state index is 0.274. The lowest BCUT2D eigenvalue weighted by molar-refractivity contribution is -0.588. The van der Waals surface area contributed by atoms with Gasteiger partial charge in [-0.25, -0.2) is 4.79 Å². The van der Waals surface area contributed by atoms with E-state index >= 15 is 0 Å². The zero-order chi connectivity index (χ0) is 22.4. The molecule has 0 radical (unpaired) electrons. The number of halogens is 1.